The van der Waals surface area contributed by atoms with E-state index >= 15 is 0 Å². The van der Waals surface area contributed by atoms with Crippen molar-refractivity contribution >= 4 is 5.91 Å². The monoisotopic (exact) mass is 152 g/mol. The fourth-order valence-electron chi connectivity index (χ4n) is 1.88. The highest BCUT2D eigenvalue weighted by atomic mass is 16.2. The molecule has 0 aromatic heterocycles. The van der Waals surface area contributed by atoms with Gasteiger partial charge in [-0.1, -0.05) is 6.58 Å². The molecule has 0 spiro atoms. The van der Waals surface area contributed by atoms with Crippen LogP contribution in [0, 0.1) is 11.8 Å². The Morgan fingerprint density at radius 3 is 2.55 bits per heavy atom. The summed E-state index contributed by atoms with van der Waals surface area (Å²) in [6.45, 7) is 5.13. The van der Waals surface area contributed by atoms with Crippen LogP contribution in [0.15, 0.2) is 12.7 Å². The Balaban J connectivity index is 1.94. The van der Waals surface area contributed by atoms with Crippen molar-refractivity contribution in [3.63, 3.8) is 0 Å². The molecular weight excluding hydrogens is 140 g/mol. The number of piperidine rings is 1. The van der Waals surface area contributed by atoms with E-state index < -0.39 is 0 Å². The summed E-state index contributed by atoms with van der Waals surface area (Å²) < 4.78 is 0. The van der Waals surface area contributed by atoms with E-state index in [0.717, 1.165) is 13.1 Å². The lowest BCUT2D eigenvalue weighted by Crippen LogP contribution is -2.32. The van der Waals surface area contributed by atoms with Crippen LogP contribution < -0.4 is 5.73 Å². The van der Waals surface area contributed by atoms with Crippen molar-refractivity contribution in [2.75, 3.05) is 13.1 Å². The Kier molecular flexibility index (Phi) is 1.29. The molecule has 0 bridgehead atoms. The van der Waals surface area contributed by atoms with Crippen LogP contribution in [-0.4, -0.2) is 29.9 Å². The molecule has 1 amide bonds. The maximum Gasteiger partial charge on any atom is 0.245 e. The summed E-state index contributed by atoms with van der Waals surface area (Å²) in [4.78, 5) is 12.9. The largest absolute Gasteiger partial charge is 0.338 e. The predicted octanol–water partition coefficient (Wildman–Crippen LogP) is -0.412. The number of nitrogens with zero attached hydrogens (tertiary/aromatic N) is 1. The Morgan fingerprint density at radius 2 is 2.09 bits per heavy atom. The molecule has 60 valence electrons. The van der Waals surface area contributed by atoms with Crippen LogP contribution in [0.1, 0.15) is 0 Å². The molecule has 1 saturated carbocycles. The fraction of sp³-hybridized carbons (Fsp3) is 0.625. The van der Waals surface area contributed by atoms with Gasteiger partial charge in [-0.15, -0.1) is 0 Å². The zero-order valence-corrected chi connectivity index (χ0v) is 6.36. The van der Waals surface area contributed by atoms with Gasteiger partial charge in [0, 0.05) is 19.1 Å². The first-order valence-corrected chi connectivity index (χ1v) is 3.91. The van der Waals surface area contributed by atoms with E-state index in [0.29, 0.717) is 17.9 Å². The molecule has 1 heterocycles. The summed E-state index contributed by atoms with van der Waals surface area (Å²) >= 11 is 0. The Morgan fingerprint density at radius 1 is 1.55 bits per heavy atom. The van der Waals surface area contributed by atoms with Crippen LogP contribution in [0.3, 0.4) is 0 Å². The smallest absolute Gasteiger partial charge is 0.245 e. The van der Waals surface area contributed by atoms with Crippen LogP contribution in [0.4, 0.5) is 0 Å². The van der Waals surface area contributed by atoms with Crippen LogP contribution in [-0.2, 0) is 4.79 Å². The summed E-state index contributed by atoms with van der Waals surface area (Å²) in [5, 5.41) is 0. The van der Waals surface area contributed by atoms with Gasteiger partial charge in [0.05, 0.1) is 0 Å². The first-order chi connectivity index (χ1) is 5.24. The molecule has 0 aromatic carbocycles. The van der Waals surface area contributed by atoms with Gasteiger partial charge in [-0.3, -0.25) is 4.79 Å². The molecule has 3 nitrogen and oxygen atoms in total. The summed E-state index contributed by atoms with van der Waals surface area (Å²) in [5.74, 6) is 1.21. The number of carbonyl (C=O) groups excluding carboxylic acids is 1. The fourth-order valence-corrected chi connectivity index (χ4v) is 1.88. The van der Waals surface area contributed by atoms with E-state index in [9.17, 15) is 4.79 Å². The van der Waals surface area contributed by atoms with Gasteiger partial charge in [-0.05, 0) is 17.9 Å². The van der Waals surface area contributed by atoms with Gasteiger partial charge in [0.2, 0.25) is 5.91 Å². The lowest BCUT2D eigenvalue weighted by molar-refractivity contribution is -0.125. The molecule has 1 aliphatic carbocycles. The van der Waals surface area contributed by atoms with Crippen LogP contribution in [0.2, 0.25) is 0 Å². The average Bonchev–Trinajstić information content (AvgIpc) is 2.55. The van der Waals surface area contributed by atoms with Crippen molar-refractivity contribution in [3.8, 4) is 0 Å². The molecule has 2 rings (SSSR count). The topological polar surface area (TPSA) is 46.3 Å². The first kappa shape index (κ1) is 6.85. The number of hydrogen-bond donors (Lipinski definition) is 1. The number of nitrogens with two attached hydrogens (primary N) is 1. The third-order valence-electron chi connectivity index (χ3n) is 2.75. The molecule has 0 unspecified atom stereocenters. The lowest BCUT2D eigenvalue weighted by atomic mass is 10.4. The van der Waals surface area contributed by atoms with Gasteiger partial charge in [0.15, 0.2) is 0 Å². The van der Waals surface area contributed by atoms with Crippen molar-refractivity contribution < 1.29 is 4.79 Å². The van der Waals surface area contributed by atoms with Gasteiger partial charge in [-0.25, -0.2) is 0 Å². The molecule has 0 radical (unpaired) electrons. The second-order valence-corrected chi connectivity index (χ2v) is 3.35. The van der Waals surface area contributed by atoms with Gasteiger partial charge in [0.25, 0.3) is 0 Å². The summed E-state index contributed by atoms with van der Waals surface area (Å²) in [5.41, 5.74) is 5.71. The van der Waals surface area contributed by atoms with E-state index in [1.807, 2.05) is 4.90 Å². The number of likely N-dealkylation sites (tertiary alicyclic amines) is 1. The SMILES string of the molecule is C=CC(=O)N1C[C@@H]2[C@@H](N)[C@@H]2C1. The molecule has 2 aliphatic rings. The predicted molar refractivity (Wildman–Crippen MR) is 41.7 cm³/mol. The minimum absolute atomic E-state index is 0.0457. The molecule has 11 heavy (non-hydrogen) atoms. The average molecular weight is 152 g/mol. The highest BCUT2D eigenvalue weighted by Gasteiger charge is 2.54. The van der Waals surface area contributed by atoms with E-state index in [2.05, 4.69) is 6.58 Å². The van der Waals surface area contributed by atoms with Crippen molar-refractivity contribution in [1.82, 2.24) is 4.90 Å². The van der Waals surface area contributed by atoms with Gasteiger partial charge < -0.3 is 10.6 Å². The van der Waals surface area contributed by atoms with Crippen LogP contribution in [0.5, 0.6) is 0 Å². The normalized spacial score (nSPS) is 40.1. The number of fused-ring (bicyclic) bond motifs is 1. The number of rotatable bonds is 1. The quantitative estimate of drug-likeness (QED) is 0.519. The van der Waals surface area contributed by atoms with Gasteiger partial charge in [0.1, 0.15) is 0 Å². The third-order valence-corrected chi connectivity index (χ3v) is 2.75. The molecule has 1 saturated heterocycles. The van der Waals surface area contributed by atoms with Crippen LogP contribution >= 0.6 is 0 Å². The minimum atomic E-state index is 0.0457. The number of amides is 1. The summed E-state index contributed by atoms with van der Waals surface area (Å²) in [6.07, 6.45) is 1.37. The number of hydrogen-bond acceptors (Lipinski definition) is 2. The van der Waals surface area contributed by atoms with E-state index in [1.165, 1.54) is 6.08 Å². The van der Waals surface area contributed by atoms with Crippen LogP contribution in [0.25, 0.3) is 0 Å². The molecule has 3 atom stereocenters. The molecule has 3 heteroatoms. The Labute approximate surface area is 65.9 Å². The van der Waals surface area contributed by atoms with Gasteiger partial charge in [-0.2, -0.15) is 0 Å². The maximum atomic E-state index is 11.1. The Hall–Kier alpha value is -0.830. The highest BCUT2D eigenvalue weighted by molar-refractivity contribution is 5.87. The first-order valence-electron chi connectivity index (χ1n) is 3.91. The van der Waals surface area contributed by atoms with Crippen molar-refractivity contribution in [2.45, 2.75) is 6.04 Å². The zero-order chi connectivity index (χ0) is 8.01. The summed E-state index contributed by atoms with van der Waals surface area (Å²) in [7, 11) is 0. The summed E-state index contributed by atoms with van der Waals surface area (Å²) in [6, 6.07) is 0.365. The molecule has 2 N–H and O–H groups in total. The molecule has 2 fully saturated rings. The maximum absolute atomic E-state index is 11.1. The molecular formula is C8H12N2O. The van der Waals surface area contributed by atoms with Crippen molar-refractivity contribution in [3.05, 3.63) is 12.7 Å². The third kappa shape index (κ3) is 0.878. The van der Waals surface area contributed by atoms with Crippen molar-refractivity contribution in [2.24, 2.45) is 17.6 Å². The van der Waals surface area contributed by atoms with Crippen molar-refractivity contribution in [1.29, 1.82) is 0 Å². The Bertz CT molecular complexity index is 202. The molecule has 1 aliphatic heterocycles. The highest BCUT2D eigenvalue weighted by Crippen LogP contribution is 2.43. The minimum Gasteiger partial charge on any atom is -0.338 e. The van der Waals surface area contributed by atoms with E-state index in [-0.39, 0.29) is 5.91 Å². The zero-order valence-electron chi connectivity index (χ0n) is 6.36. The lowest BCUT2D eigenvalue weighted by Gasteiger charge is -2.16. The molecule has 0 aromatic rings. The van der Waals surface area contributed by atoms with E-state index in [1.54, 1.807) is 0 Å². The van der Waals surface area contributed by atoms with E-state index in [4.69, 9.17) is 5.73 Å². The number of carbonyl (C=O) groups is 1. The van der Waals surface area contributed by atoms with Gasteiger partial charge >= 0.3 is 0 Å². The second kappa shape index (κ2) is 2.08. The second-order valence-electron chi connectivity index (χ2n) is 3.35. The standard InChI is InChI=1S/C8H12N2O/c1-2-7(11)10-3-5-6(4-10)8(5)9/h2,5-6,8H,1,3-4,9H2/t5-,6+,8+.